The number of hydrogen-bond donors (Lipinski definition) is 0. The molecule has 0 saturated carbocycles. The van der Waals surface area contributed by atoms with Crippen LogP contribution in [0, 0.1) is 0 Å². The number of Topliss-reactive ketones (excluding diaryl/α,β-unsaturated/α-hetero) is 1. The van der Waals surface area contributed by atoms with E-state index in [9.17, 15) is 18.0 Å². The predicted molar refractivity (Wildman–Crippen MR) is 143 cm³/mol. The van der Waals surface area contributed by atoms with Gasteiger partial charge in [-0.15, -0.1) is 11.3 Å². The van der Waals surface area contributed by atoms with E-state index in [0.717, 1.165) is 40.5 Å². The molecule has 8 nitrogen and oxygen atoms in total. The number of piperidine rings is 1. The highest BCUT2D eigenvalue weighted by molar-refractivity contribution is 7.91. The maximum Gasteiger partial charge on any atom is 0.259 e. The molecule has 3 aromatic rings. The molecule has 5 rings (SSSR count). The van der Waals surface area contributed by atoms with Gasteiger partial charge >= 0.3 is 0 Å². The first-order valence-corrected chi connectivity index (χ1v) is 14.7. The number of anilines is 1. The summed E-state index contributed by atoms with van der Waals surface area (Å²) in [6.45, 7) is 1.35. The van der Waals surface area contributed by atoms with Crippen LogP contribution in [0.2, 0.25) is 0 Å². The Kier molecular flexibility index (Phi) is 7.35. The number of sulfonamides is 1. The summed E-state index contributed by atoms with van der Waals surface area (Å²) in [5, 5.41) is 3.32. The van der Waals surface area contributed by atoms with Gasteiger partial charge in [0.05, 0.1) is 18.8 Å². The van der Waals surface area contributed by atoms with E-state index in [-0.39, 0.29) is 22.3 Å². The SMILES string of the molecule is COCCCN1C(=O)c2cccc3c(CC(=O)C4CCCCN4S(=O)(=O)c4cccs4)cc(OC)c1c23. The van der Waals surface area contributed by atoms with Crippen LogP contribution >= 0.6 is 11.3 Å². The van der Waals surface area contributed by atoms with Crippen molar-refractivity contribution < 1.29 is 27.5 Å². The van der Waals surface area contributed by atoms with Gasteiger partial charge in [-0.2, -0.15) is 4.31 Å². The lowest BCUT2D eigenvalue weighted by molar-refractivity contribution is -0.122. The number of methoxy groups -OCH3 is 2. The minimum Gasteiger partial charge on any atom is -0.495 e. The molecule has 37 heavy (non-hydrogen) atoms. The first kappa shape index (κ1) is 25.8. The average Bonchev–Trinajstić information content (AvgIpc) is 3.55. The number of carbonyl (C=O) groups is 2. The van der Waals surface area contributed by atoms with Crippen LogP contribution < -0.4 is 9.64 Å². The summed E-state index contributed by atoms with van der Waals surface area (Å²) in [7, 11) is -0.562. The molecule has 1 atom stereocenters. The fraction of sp³-hybridized carbons (Fsp3) is 0.407. The lowest BCUT2D eigenvalue weighted by Crippen LogP contribution is -2.48. The quantitative estimate of drug-likeness (QED) is 0.356. The molecule has 1 saturated heterocycles. The largest absolute Gasteiger partial charge is 0.495 e. The minimum atomic E-state index is -3.74. The maximum atomic E-state index is 13.7. The van der Waals surface area contributed by atoms with Crippen molar-refractivity contribution in [1.29, 1.82) is 0 Å². The third kappa shape index (κ3) is 4.56. The Balaban J connectivity index is 1.51. The minimum absolute atomic E-state index is 0.0512. The fourth-order valence-electron chi connectivity index (χ4n) is 5.42. The third-order valence-electron chi connectivity index (χ3n) is 7.13. The first-order chi connectivity index (χ1) is 17.9. The van der Waals surface area contributed by atoms with Gasteiger partial charge < -0.3 is 14.4 Å². The van der Waals surface area contributed by atoms with Crippen molar-refractivity contribution in [3.8, 4) is 5.75 Å². The van der Waals surface area contributed by atoms with Crippen LogP contribution in [-0.4, -0.2) is 64.4 Å². The molecule has 0 radical (unpaired) electrons. The van der Waals surface area contributed by atoms with Crippen LogP contribution in [0.25, 0.3) is 10.8 Å². The Morgan fingerprint density at radius 3 is 2.73 bits per heavy atom. The van der Waals surface area contributed by atoms with Crippen LogP contribution in [0.1, 0.15) is 41.6 Å². The maximum absolute atomic E-state index is 13.7. The van der Waals surface area contributed by atoms with Gasteiger partial charge in [0.1, 0.15) is 9.96 Å². The summed E-state index contributed by atoms with van der Waals surface area (Å²) in [6, 6.07) is 9.93. The normalized spacial score (nSPS) is 18.1. The molecule has 0 N–H and O–H groups in total. The highest BCUT2D eigenvalue weighted by Crippen LogP contribution is 2.46. The summed E-state index contributed by atoms with van der Waals surface area (Å²) >= 11 is 1.16. The summed E-state index contributed by atoms with van der Waals surface area (Å²) in [4.78, 5) is 28.7. The van der Waals surface area contributed by atoms with Gasteiger partial charge in [-0.1, -0.05) is 24.6 Å². The Hall–Kier alpha value is -2.79. The topological polar surface area (TPSA) is 93.2 Å². The highest BCUT2D eigenvalue weighted by atomic mass is 32.2. The zero-order valence-electron chi connectivity index (χ0n) is 20.9. The number of amides is 1. The number of rotatable bonds is 10. The van der Waals surface area contributed by atoms with E-state index in [2.05, 4.69) is 0 Å². The first-order valence-electron chi connectivity index (χ1n) is 12.4. The number of benzene rings is 2. The molecule has 0 aliphatic carbocycles. The van der Waals surface area contributed by atoms with Gasteiger partial charge in [0, 0.05) is 44.2 Å². The van der Waals surface area contributed by atoms with E-state index in [1.165, 1.54) is 4.31 Å². The number of thiophene rings is 1. The van der Waals surface area contributed by atoms with Crippen molar-refractivity contribution in [3.05, 3.63) is 52.9 Å². The van der Waals surface area contributed by atoms with E-state index in [4.69, 9.17) is 9.47 Å². The molecule has 0 bridgehead atoms. The molecule has 0 spiro atoms. The summed E-state index contributed by atoms with van der Waals surface area (Å²) < 4.78 is 39.2. The van der Waals surface area contributed by atoms with Gasteiger partial charge in [0.2, 0.25) is 0 Å². The molecule has 3 heterocycles. The number of nitrogens with zero attached hydrogens (tertiary/aromatic N) is 2. The zero-order valence-corrected chi connectivity index (χ0v) is 22.6. The van der Waals surface area contributed by atoms with Crippen LogP contribution in [-0.2, 0) is 26.0 Å². The van der Waals surface area contributed by atoms with E-state index in [0.29, 0.717) is 49.5 Å². The molecule has 1 amide bonds. The van der Waals surface area contributed by atoms with Gasteiger partial charge in [-0.25, -0.2) is 8.42 Å². The van der Waals surface area contributed by atoms with Crippen molar-refractivity contribution in [3.63, 3.8) is 0 Å². The van der Waals surface area contributed by atoms with Crippen molar-refractivity contribution in [2.24, 2.45) is 0 Å². The van der Waals surface area contributed by atoms with E-state index in [1.54, 1.807) is 42.7 Å². The van der Waals surface area contributed by atoms with E-state index >= 15 is 0 Å². The molecule has 1 unspecified atom stereocenters. The lowest BCUT2D eigenvalue weighted by atomic mass is 9.92. The Morgan fingerprint density at radius 2 is 2.00 bits per heavy atom. The Bertz CT molecular complexity index is 1430. The monoisotopic (exact) mass is 542 g/mol. The number of ether oxygens (including phenoxy) is 2. The summed E-state index contributed by atoms with van der Waals surface area (Å²) in [5.41, 5.74) is 2.02. The van der Waals surface area contributed by atoms with Crippen molar-refractivity contribution in [2.45, 2.75) is 42.4 Å². The zero-order chi connectivity index (χ0) is 26.2. The van der Waals surface area contributed by atoms with Crippen LogP contribution in [0.3, 0.4) is 0 Å². The summed E-state index contributed by atoms with van der Waals surface area (Å²) in [5.74, 6) is 0.278. The molecule has 2 aliphatic rings. The predicted octanol–water partition coefficient (Wildman–Crippen LogP) is 4.26. The number of ketones is 1. The third-order valence-corrected chi connectivity index (χ3v) is 10.4. The fourth-order valence-corrected chi connectivity index (χ4v) is 8.22. The second-order valence-electron chi connectivity index (χ2n) is 9.32. The molecule has 2 aliphatic heterocycles. The number of carbonyl (C=O) groups excluding carboxylic acids is 2. The van der Waals surface area contributed by atoms with E-state index < -0.39 is 16.1 Å². The highest BCUT2D eigenvalue weighted by Gasteiger charge is 2.39. The average molecular weight is 543 g/mol. The standard InChI is InChI=1S/C27H30N2O6S2/c1-34-14-7-12-28-26-23(35-2)17-18(19-8-5-9-20(25(19)26)27(28)31)16-22(30)21-10-3-4-13-29(21)37(32,33)24-11-6-15-36-24/h5-6,8-9,11,15,17,21H,3-4,7,10,12-14,16H2,1-2H3. The van der Waals surface area contributed by atoms with Crippen molar-refractivity contribution in [2.75, 3.05) is 38.8 Å². The lowest BCUT2D eigenvalue weighted by Gasteiger charge is -2.33. The molecule has 10 heteroatoms. The van der Waals surface area contributed by atoms with Gasteiger partial charge in [-0.05, 0) is 53.8 Å². The second-order valence-corrected chi connectivity index (χ2v) is 12.4. The van der Waals surface area contributed by atoms with Gasteiger partial charge in [0.25, 0.3) is 15.9 Å². The molecule has 1 fully saturated rings. The van der Waals surface area contributed by atoms with Crippen LogP contribution in [0.15, 0.2) is 46.0 Å². The summed E-state index contributed by atoms with van der Waals surface area (Å²) in [6.07, 6.45) is 2.75. The van der Waals surface area contributed by atoms with E-state index in [1.807, 2.05) is 18.2 Å². The molecule has 1 aromatic heterocycles. The molecular weight excluding hydrogens is 512 g/mol. The van der Waals surface area contributed by atoms with Gasteiger partial charge in [-0.3, -0.25) is 9.59 Å². The Morgan fingerprint density at radius 1 is 1.16 bits per heavy atom. The van der Waals surface area contributed by atoms with Crippen molar-refractivity contribution in [1.82, 2.24) is 4.31 Å². The number of hydrogen-bond acceptors (Lipinski definition) is 7. The molecule has 196 valence electrons. The van der Waals surface area contributed by atoms with Crippen molar-refractivity contribution >= 4 is 49.5 Å². The van der Waals surface area contributed by atoms with Gasteiger partial charge in [0.15, 0.2) is 5.78 Å². The van der Waals surface area contributed by atoms with Crippen LogP contribution in [0.5, 0.6) is 5.75 Å². The second kappa shape index (κ2) is 10.5. The van der Waals surface area contributed by atoms with Crippen LogP contribution in [0.4, 0.5) is 5.69 Å². The molecular formula is C27H30N2O6S2. The smallest absolute Gasteiger partial charge is 0.259 e. The Labute approximate surface area is 220 Å². The molecule has 2 aromatic carbocycles.